The second-order valence-electron chi connectivity index (χ2n) is 4.54. The zero-order valence-electron chi connectivity index (χ0n) is 11.3. The van der Waals surface area contributed by atoms with Crippen LogP contribution in [0.2, 0.25) is 0 Å². The average Bonchev–Trinajstić information content (AvgIpc) is 2.62. The van der Waals surface area contributed by atoms with Gasteiger partial charge in [0.15, 0.2) is 0 Å². The predicted molar refractivity (Wildman–Crippen MR) is 78.4 cm³/mol. The fourth-order valence-electron chi connectivity index (χ4n) is 2.07. The minimum absolute atomic E-state index is 0.0109. The van der Waals surface area contributed by atoms with Gasteiger partial charge in [0.2, 0.25) is 0 Å². The molecule has 0 unspecified atom stereocenters. The number of hydrogen-bond donors (Lipinski definition) is 0. The van der Waals surface area contributed by atoms with Gasteiger partial charge in [0, 0.05) is 25.6 Å². The van der Waals surface area contributed by atoms with Gasteiger partial charge in [0.05, 0.1) is 22.7 Å². The Balaban J connectivity index is 2.65. The molecule has 0 aliphatic heterocycles. The molecule has 0 aliphatic carbocycles. The Bertz CT molecular complexity index is 797. The van der Waals surface area contributed by atoms with Crippen molar-refractivity contribution in [3.8, 4) is 6.07 Å². The van der Waals surface area contributed by atoms with Gasteiger partial charge in [-0.05, 0) is 28.1 Å². The molecule has 104 valence electrons. The van der Waals surface area contributed by atoms with Crippen molar-refractivity contribution in [1.29, 1.82) is 5.26 Å². The van der Waals surface area contributed by atoms with E-state index >= 15 is 0 Å². The minimum Gasteiger partial charge on any atom is -0.328 e. The molecule has 2 rings (SSSR count). The Hall–Kier alpha value is -2.07. The van der Waals surface area contributed by atoms with Gasteiger partial charge >= 0.3 is 5.69 Å². The summed E-state index contributed by atoms with van der Waals surface area (Å²) >= 11 is 3.35. The first-order chi connectivity index (χ1) is 9.38. The fourth-order valence-corrected chi connectivity index (χ4v) is 2.57. The highest BCUT2D eigenvalue weighted by Gasteiger charge is 2.18. The summed E-state index contributed by atoms with van der Waals surface area (Å²) in [4.78, 5) is 25.5. The van der Waals surface area contributed by atoms with Gasteiger partial charge in [0.1, 0.15) is 6.54 Å². The second-order valence-corrected chi connectivity index (χ2v) is 5.40. The SMILES string of the molecule is CN(CC#N)C(=O)c1cc2c(cc1Br)n(C)c(=O)n2C. The number of aromatic nitrogens is 2. The third-order valence-electron chi connectivity index (χ3n) is 3.25. The standard InChI is InChI=1S/C13H13BrN4O2/c1-16(5-4-15)12(19)8-6-10-11(7-9(8)14)18(3)13(20)17(10)2/h6-7H,5H2,1-3H3. The molecule has 0 aliphatic rings. The van der Waals surface area contributed by atoms with Crippen molar-refractivity contribution in [2.24, 2.45) is 14.1 Å². The first kappa shape index (κ1) is 14.3. The Morgan fingerprint density at radius 2 is 1.90 bits per heavy atom. The molecule has 0 fully saturated rings. The van der Waals surface area contributed by atoms with E-state index in [-0.39, 0.29) is 18.1 Å². The Morgan fingerprint density at radius 3 is 2.45 bits per heavy atom. The molecule has 0 atom stereocenters. The van der Waals surface area contributed by atoms with E-state index in [4.69, 9.17) is 5.26 Å². The van der Waals surface area contributed by atoms with Crippen molar-refractivity contribution in [2.45, 2.75) is 0 Å². The van der Waals surface area contributed by atoms with Crippen LogP contribution in [0, 0.1) is 11.3 Å². The normalized spacial score (nSPS) is 10.6. The monoisotopic (exact) mass is 336 g/mol. The van der Waals surface area contributed by atoms with Crippen LogP contribution in [0.1, 0.15) is 10.4 Å². The van der Waals surface area contributed by atoms with Crippen molar-refractivity contribution in [2.75, 3.05) is 13.6 Å². The molecule has 20 heavy (non-hydrogen) atoms. The van der Waals surface area contributed by atoms with E-state index in [1.165, 1.54) is 14.0 Å². The highest BCUT2D eigenvalue weighted by atomic mass is 79.9. The molecule has 0 N–H and O–H groups in total. The Kier molecular flexibility index (Phi) is 3.68. The van der Waals surface area contributed by atoms with Gasteiger partial charge in [-0.3, -0.25) is 13.9 Å². The van der Waals surface area contributed by atoms with Crippen molar-refractivity contribution in [1.82, 2.24) is 14.0 Å². The smallest absolute Gasteiger partial charge is 0.328 e. The van der Waals surface area contributed by atoms with Gasteiger partial charge < -0.3 is 4.90 Å². The van der Waals surface area contributed by atoms with Crippen LogP contribution in [0.5, 0.6) is 0 Å². The van der Waals surface area contributed by atoms with Gasteiger partial charge in [0.25, 0.3) is 5.91 Å². The molecule has 6 nitrogen and oxygen atoms in total. The van der Waals surface area contributed by atoms with Crippen LogP contribution < -0.4 is 5.69 Å². The topological polar surface area (TPSA) is 71.0 Å². The summed E-state index contributed by atoms with van der Waals surface area (Å²) in [6.45, 7) is 0.0109. The lowest BCUT2D eigenvalue weighted by Crippen LogP contribution is -2.27. The molecule has 1 aromatic heterocycles. The summed E-state index contributed by atoms with van der Waals surface area (Å²) in [5.41, 5.74) is 1.69. The number of carbonyl (C=O) groups is 1. The lowest BCUT2D eigenvalue weighted by Gasteiger charge is -2.14. The number of nitrogens with zero attached hydrogens (tertiary/aromatic N) is 4. The van der Waals surface area contributed by atoms with Gasteiger partial charge in [-0.15, -0.1) is 0 Å². The number of hydrogen-bond acceptors (Lipinski definition) is 3. The first-order valence-electron chi connectivity index (χ1n) is 5.85. The van der Waals surface area contributed by atoms with Gasteiger partial charge in [-0.2, -0.15) is 5.26 Å². The van der Waals surface area contributed by atoms with Crippen molar-refractivity contribution >= 4 is 32.9 Å². The number of halogens is 1. The zero-order chi connectivity index (χ0) is 15.0. The summed E-state index contributed by atoms with van der Waals surface area (Å²) in [7, 11) is 4.90. The highest BCUT2D eigenvalue weighted by Crippen LogP contribution is 2.24. The van der Waals surface area contributed by atoms with Gasteiger partial charge in [-0.25, -0.2) is 4.79 Å². The summed E-state index contributed by atoms with van der Waals surface area (Å²) in [6.07, 6.45) is 0. The summed E-state index contributed by atoms with van der Waals surface area (Å²) < 4.78 is 3.61. The predicted octanol–water partition coefficient (Wildman–Crippen LogP) is 1.24. The van der Waals surface area contributed by atoms with E-state index < -0.39 is 0 Å². The summed E-state index contributed by atoms with van der Waals surface area (Å²) in [6, 6.07) is 5.33. The molecule has 0 radical (unpaired) electrons. The molecule has 0 saturated heterocycles. The number of aryl methyl sites for hydroxylation is 2. The number of amides is 1. The molecule has 0 bridgehead atoms. The second kappa shape index (κ2) is 5.13. The van der Waals surface area contributed by atoms with Crippen LogP contribution in [0.25, 0.3) is 11.0 Å². The molecule has 1 heterocycles. The quantitative estimate of drug-likeness (QED) is 0.774. The molecule has 1 amide bonds. The van der Waals surface area contributed by atoms with Crippen LogP contribution in [0.4, 0.5) is 0 Å². The number of imidazole rings is 1. The lowest BCUT2D eigenvalue weighted by atomic mass is 10.1. The lowest BCUT2D eigenvalue weighted by molar-refractivity contribution is 0.0811. The highest BCUT2D eigenvalue weighted by molar-refractivity contribution is 9.10. The van der Waals surface area contributed by atoms with E-state index in [9.17, 15) is 9.59 Å². The zero-order valence-corrected chi connectivity index (χ0v) is 12.9. The van der Waals surface area contributed by atoms with E-state index in [1.54, 1.807) is 33.3 Å². The maximum Gasteiger partial charge on any atom is 0.328 e. The largest absolute Gasteiger partial charge is 0.328 e. The Labute approximate surface area is 123 Å². The molecule has 7 heteroatoms. The minimum atomic E-state index is -0.267. The number of carbonyl (C=O) groups excluding carboxylic acids is 1. The number of rotatable bonds is 2. The molecular weight excluding hydrogens is 324 g/mol. The first-order valence-corrected chi connectivity index (χ1v) is 6.65. The molecule has 2 aromatic rings. The van der Waals surface area contributed by atoms with Crippen molar-refractivity contribution < 1.29 is 4.79 Å². The van der Waals surface area contributed by atoms with Crippen LogP contribution in [-0.2, 0) is 14.1 Å². The number of nitriles is 1. The molecule has 1 aromatic carbocycles. The third-order valence-corrected chi connectivity index (χ3v) is 3.90. The average molecular weight is 337 g/mol. The van der Waals surface area contributed by atoms with Gasteiger partial charge in [-0.1, -0.05) is 0 Å². The van der Waals surface area contributed by atoms with E-state index in [0.29, 0.717) is 15.6 Å². The maximum atomic E-state index is 12.3. The fraction of sp³-hybridized carbons (Fsp3) is 0.308. The van der Waals surface area contributed by atoms with Crippen LogP contribution in [0.3, 0.4) is 0 Å². The van der Waals surface area contributed by atoms with E-state index in [0.717, 1.165) is 5.52 Å². The van der Waals surface area contributed by atoms with Crippen LogP contribution >= 0.6 is 15.9 Å². The third kappa shape index (κ3) is 2.12. The van der Waals surface area contributed by atoms with Crippen molar-refractivity contribution in [3.63, 3.8) is 0 Å². The molecule has 0 spiro atoms. The maximum absolute atomic E-state index is 12.3. The number of fused-ring (bicyclic) bond motifs is 1. The van der Waals surface area contributed by atoms with E-state index in [2.05, 4.69) is 15.9 Å². The number of benzene rings is 1. The van der Waals surface area contributed by atoms with Crippen molar-refractivity contribution in [3.05, 3.63) is 32.7 Å². The Morgan fingerprint density at radius 1 is 1.35 bits per heavy atom. The molecular formula is C13H13BrN4O2. The summed E-state index contributed by atoms with van der Waals surface area (Å²) in [5.74, 6) is -0.267. The van der Waals surface area contributed by atoms with E-state index in [1.807, 2.05) is 6.07 Å². The van der Waals surface area contributed by atoms with Crippen LogP contribution in [-0.4, -0.2) is 33.5 Å². The van der Waals surface area contributed by atoms with Crippen LogP contribution in [0.15, 0.2) is 21.4 Å². The summed E-state index contributed by atoms with van der Waals surface area (Å²) in [5, 5.41) is 8.65. The molecule has 0 saturated carbocycles.